The van der Waals surface area contributed by atoms with Gasteiger partial charge in [-0.2, -0.15) is 0 Å². The molecule has 1 saturated carbocycles. The van der Waals surface area contributed by atoms with Gasteiger partial charge in [0.15, 0.2) is 0 Å². The Morgan fingerprint density at radius 3 is 2.82 bits per heavy atom. The summed E-state index contributed by atoms with van der Waals surface area (Å²) in [6.45, 7) is 2.11. The van der Waals surface area contributed by atoms with E-state index in [4.69, 9.17) is 0 Å². The van der Waals surface area contributed by atoms with Crippen molar-refractivity contribution in [3.8, 4) is 0 Å². The van der Waals surface area contributed by atoms with E-state index in [-0.39, 0.29) is 5.76 Å². The third kappa shape index (κ3) is 0.854. The largest absolute Gasteiger partial charge is 0.512 e. The molecule has 3 unspecified atom stereocenters. The molecular formula is C9H12O2. The molecule has 0 aromatic heterocycles. The summed E-state index contributed by atoms with van der Waals surface area (Å²) >= 11 is 0. The van der Waals surface area contributed by atoms with Gasteiger partial charge in [-0.25, -0.2) is 0 Å². The van der Waals surface area contributed by atoms with Crippen LogP contribution in [0.3, 0.4) is 0 Å². The molecule has 2 N–H and O–H groups in total. The van der Waals surface area contributed by atoms with E-state index in [9.17, 15) is 10.2 Å². The van der Waals surface area contributed by atoms with Gasteiger partial charge in [0.1, 0.15) is 5.76 Å². The van der Waals surface area contributed by atoms with Crippen molar-refractivity contribution in [3.05, 3.63) is 23.7 Å². The molecular weight excluding hydrogens is 140 g/mol. The second kappa shape index (κ2) is 2.03. The van der Waals surface area contributed by atoms with Gasteiger partial charge in [0.05, 0.1) is 5.76 Å². The van der Waals surface area contributed by atoms with Crippen LogP contribution in [0.4, 0.5) is 0 Å². The van der Waals surface area contributed by atoms with E-state index in [1.165, 1.54) is 6.08 Å². The maximum absolute atomic E-state index is 9.40. The third-order valence-electron chi connectivity index (χ3n) is 2.90. The quantitative estimate of drug-likeness (QED) is 0.558. The first-order chi connectivity index (χ1) is 5.18. The van der Waals surface area contributed by atoms with Crippen molar-refractivity contribution in [2.45, 2.75) is 13.3 Å². The first-order valence-electron chi connectivity index (χ1n) is 4.00. The molecule has 60 valence electrons. The Bertz CT molecular complexity index is 240. The van der Waals surface area contributed by atoms with E-state index in [0.717, 1.165) is 6.42 Å². The van der Waals surface area contributed by atoms with Crippen molar-refractivity contribution in [1.82, 2.24) is 0 Å². The van der Waals surface area contributed by atoms with Crippen LogP contribution in [0.1, 0.15) is 13.3 Å². The zero-order valence-electron chi connectivity index (χ0n) is 6.49. The first kappa shape index (κ1) is 6.77. The maximum atomic E-state index is 9.40. The predicted molar refractivity (Wildman–Crippen MR) is 42.2 cm³/mol. The lowest BCUT2D eigenvalue weighted by Gasteiger charge is -2.39. The van der Waals surface area contributed by atoms with Gasteiger partial charge in [-0.15, -0.1) is 0 Å². The Labute approximate surface area is 65.9 Å². The third-order valence-corrected chi connectivity index (χ3v) is 2.90. The molecule has 3 aliphatic carbocycles. The summed E-state index contributed by atoms with van der Waals surface area (Å²) in [6, 6.07) is 0. The molecule has 1 fully saturated rings. The monoisotopic (exact) mass is 152 g/mol. The fourth-order valence-corrected chi connectivity index (χ4v) is 1.96. The molecule has 3 aliphatic rings. The molecule has 3 atom stereocenters. The van der Waals surface area contributed by atoms with E-state index in [2.05, 4.69) is 6.92 Å². The van der Waals surface area contributed by atoms with Gasteiger partial charge < -0.3 is 10.2 Å². The van der Waals surface area contributed by atoms with Crippen molar-refractivity contribution in [1.29, 1.82) is 0 Å². The van der Waals surface area contributed by atoms with Crippen molar-refractivity contribution in [2.24, 2.45) is 17.8 Å². The molecule has 0 saturated heterocycles. The average Bonchev–Trinajstić information content (AvgIpc) is 2.13. The molecule has 0 aromatic carbocycles. The SMILES string of the molecule is CC1C2C=C(O)C=C(O)C1C2. The highest BCUT2D eigenvalue weighted by Gasteiger charge is 2.40. The second-order valence-corrected chi connectivity index (χ2v) is 3.53. The molecule has 0 radical (unpaired) electrons. The number of aliphatic hydroxyl groups is 2. The van der Waals surface area contributed by atoms with Crippen LogP contribution in [0.15, 0.2) is 23.7 Å². The normalized spacial score (nSPS) is 41.7. The van der Waals surface area contributed by atoms with Gasteiger partial charge in [0.2, 0.25) is 0 Å². The number of aliphatic hydroxyl groups excluding tert-OH is 2. The average molecular weight is 152 g/mol. The molecule has 11 heavy (non-hydrogen) atoms. The van der Waals surface area contributed by atoms with Gasteiger partial charge in [-0.05, 0) is 24.3 Å². The Morgan fingerprint density at radius 1 is 1.45 bits per heavy atom. The molecule has 0 aliphatic heterocycles. The molecule has 0 heterocycles. The highest BCUT2D eigenvalue weighted by molar-refractivity contribution is 5.25. The van der Waals surface area contributed by atoms with Crippen LogP contribution in [-0.2, 0) is 0 Å². The molecule has 0 aromatic rings. The fraction of sp³-hybridized carbons (Fsp3) is 0.556. The van der Waals surface area contributed by atoms with Crippen LogP contribution < -0.4 is 0 Å². The van der Waals surface area contributed by atoms with E-state index >= 15 is 0 Å². The Morgan fingerprint density at radius 2 is 2.18 bits per heavy atom. The summed E-state index contributed by atoms with van der Waals surface area (Å²) in [5.41, 5.74) is 0. The molecule has 2 bridgehead atoms. The maximum Gasteiger partial charge on any atom is 0.115 e. The summed E-state index contributed by atoms with van der Waals surface area (Å²) < 4.78 is 0. The van der Waals surface area contributed by atoms with Crippen LogP contribution in [0.5, 0.6) is 0 Å². The minimum atomic E-state index is 0.222. The minimum absolute atomic E-state index is 0.222. The highest BCUT2D eigenvalue weighted by Crippen LogP contribution is 2.46. The predicted octanol–water partition coefficient (Wildman–Crippen LogP) is 2.16. The smallest absolute Gasteiger partial charge is 0.115 e. The van der Waals surface area contributed by atoms with Crippen LogP contribution in [0.2, 0.25) is 0 Å². The number of hydrogen-bond acceptors (Lipinski definition) is 2. The van der Waals surface area contributed by atoms with E-state index < -0.39 is 0 Å². The lowest BCUT2D eigenvalue weighted by atomic mass is 9.66. The van der Waals surface area contributed by atoms with E-state index in [1.54, 1.807) is 0 Å². The number of hydrogen-bond donors (Lipinski definition) is 2. The van der Waals surface area contributed by atoms with Crippen molar-refractivity contribution in [3.63, 3.8) is 0 Å². The summed E-state index contributed by atoms with van der Waals surface area (Å²) in [6.07, 6.45) is 4.30. The van der Waals surface area contributed by atoms with Crippen LogP contribution >= 0.6 is 0 Å². The summed E-state index contributed by atoms with van der Waals surface area (Å²) in [5.74, 6) is 1.83. The van der Waals surface area contributed by atoms with Gasteiger partial charge in [-0.1, -0.05) is 6.92 Å². The standard InChI is InChI=1S/C9H12O2/c1-5-6-2-7(10)4-9(11)8(5)3-6/h2,4-6,8,10-11H,3H2,1H3. The summed E-state index contributed by atoms with van der Waals surface area (Å²) in [7, 11) is 0. The van der Waals surface area contributed by atoms with Gasteiger partial charge >= 0.3 is 0 Å². The van der Waals surface area contributed by atoms with E-state index in [1.807, 2.05) is 6.08 Å². The first-order valence-corrected chi connectivity index (χ1v) is 4.00. The van der Waals surface area contributed by atoms with Crippen molar-refractivity contribution in [2.75, 3.05) is 0 Å². The molecule has 2 heteroatoms. The summed E-state index contributed by atoms with van der Waals surface area (Å²) in [5, 5.41) is 18.6. The van der Waals surface area contributed by atoms with Crippen molar-refractivity contribution < 1.29 is 10.2 Å². The highest BCUT2D eigenvalue weighted by atomic mass is 16.3. The van der Waals surface area contributed by atoms with Crippen LogP contribution in [-0.4, -0.2) is 10.2 Å². The number of allylic oxidation sites excluding steroid dienone is 3. The molecule has 0 spiro atoms. The van der Waals surface area contributed by atoms with Crippen LogP contribution in [0, 0.1) is 17.8 Å². The molecule has 2 nitrogen and oxygen atoms in total. The minimum Gasteiger partial charge on any atom is -0.512 e. The van der Waals surface area contributed by atoms with Gasteiger partial charge in [0.25, 0.3) is 0 Å². The Balaban J connectivity index is 2.33. The zero-order valence-corrected chi connectivity index (χ0v) is 6.49. The number of fused-ring (bicyclic) bond motifs is 1. The van der Waals surface area contributed by atoms with Gasteiger partial charge in [0, 0.05) is 12.0 Å². The second-order valence-electron chi connectivity index (χ2n) is 3.53. The van der Waals surface area contributed by atoms with Gasteiger partial charge in [-0.3, -0.25) is 0 Å². The summed E-state index contributed by atoms with van der Waals surface area (Å²) in [4.78, 5) is 0. The Hall–Kier alpha value is -0.920. The van der Waals surface area contributed by atoms with E-state index in [0.29, 0.717) is 23.5 Å². The number of rotatable bonds is 0. The molecule has 3 rings (SSSR count). The topological polar surface area (TPSA) is 40.5 Å². The van der Waals surface area contributed by atoms with Crippen LogP contribution in [0.25, 0.3) is 0 Å². The zero-order chi connectivity index (χ0) is 8.01. The fourth-order valence-electron chi connectivity index (χ4n) is 1.96. The van der Waals surface area contributed by atoms with Crippen molar-refractivity contribution >= 4 is 0 Å². The molecule has 0 amide bonds. The Kier molecular flexibility index (Phi) is 1.25. The lowest BCUT2D eigenvalue weighted by Crippen LogP contribution is -2.33. The lowest BCUT2D eigenvalue weighted by molar-refractivity contribution is 0.116.